The van der Waals surface area contributed by atoms with E-state index in [0.717, 1.165) is 57.5 Å². The van der Waals surface area contributed by atoms with Crippen LogP contribution in [0.4, 0.5) is 18.9 Å². The molecule has 188 valence electrons. The second-order valence-electron chi connectivity index (χ2n) is 9.58. The summed E-state index contributed by atoms with van der Waals surface area (Å²) >= 11 is 1.48. The second kappa shape index (κ2) is 9.10. The molecule has 1 aliphatic carbocycles. The van der Waals surface area contributed by atoms with Gasteiger partial charge in [0.05, 0.1) is 10.6 Å². The Bertz CT molecular complexity index is 1590. The van der Waals surface area contributed by atoms with Crippen molar-refractivity contribution in [1.82, 2.24) is 4.57 Å². The summed E-state index contributed by atoms with van der Waals surface area (Å²) in [5, 5.41) is 5.70. The van der Waals surface area contributed by atoms with E-state index in [-0.39, 0.29) is 11.2 Å². The van der Waals surface area contributed by atoms with Gasteiger partial charge in [-0.15, -0.1) is 11.8 Å². The van der Waals surface area contributed by atoms with E-state index in [1.165, 1.54) is 28.5 Å². The van der Waals surface area contributed by atoms with Gasteiger partial charge in [-0.2, -0.15) is 13.2 Å². The van der Waals surface area contributed by atoms with E-state index in [1.807, 2.05) is 18.2 Å². The molecule has 0 saturated heterocycles. The first-order chi connectivity index (χ1) is 17.8. The Labute approximate surface area is 215 Å². The number of amides is 1. The van der Waals surface area contributed by atoms with E-state index >= 15 is 0 Å². The molecule has 4 aromatic rings. The topological polar surface area (TPSA) is 51.1 Å². The number of fused-ring (bicyclic) bond motifs is 2. The number of carbonyl (C=O) groups is 1. The van der Waals surface area contributed by atoms with Crippen LogP contribution in [0, 0.1) is 0 Å². The van der Waals surface area contributed by atoms with Crippen LogP contribution in [0.5, 0.6) is 0 Å². The fraction of sp³-hybridized carbons (Fsp3) is 0.241. The molecule has 0 spiro atoms. The SMILES string of the molecule is O=C(Nc1cccc(C(F)(F)F)c1)C1CSc2c(C3CC3)c(Cc3cccc4ccccc34)cc(=O)n21. The number of benzene rings is 3. The predicted octanol–water partition coefficient (Wildman–Crippen LogP) is 6.77. The number of hydrogen-bond donors (Lipinski definition) is 1. The fourth-order valence-electron chi connectivity index (χ4n) is 5.14. The van der Waals surface area contributed by atoms with Gasteiger partial charge in [-0.1, -0.05) is 48.5 Å². The predicted molar refractivity (Wildman–Crippen MR) is 139 cm³/mol. The third kappa shape index (κ3) is 4.55. The lowest BCUT2D eigenvalue weighted by molar-refractivity contribution is -0.137. The first-order valence-corrected chi connectivity index (χ1v) is 13.1. The van der Waals surface area contributed by atoms with Crippen LogP contribution >= 0.6 is 11.8 Å². The van der Waals surface area contributed by atoms with Crippen LogP contribution in [0.1, 0.15) is 47.1 Å². The maximum atomic E-state index is 13.4. The first-order valence-electron chi connectivity index (χ1n) is 12.2. The van der Waals surface area contributed by atoms with E-state index in [2.05, 4.69) is 29.6 Å². The van der Waals surface area contributed by atoms with E-state index in [1.54, 1.807) is 6.07 Å². The highest BCUT2D eigenvalue weighted by Crippen LogP contribution is 2.49. The van der Waals surface area contributed by atoms with Crippen molar-refractivity contribution in [3.05, 3.63) is 105 Å². The number of nitrogens with zero attached hydrogens (tertiary/aromatic N) is 1. The van der Waals surface area contributed by atoms with Gasteiger partial charge < -0.3 is 5.32 Å². The Morgan fingerprint density at radius 3 is 2.51 bits per heavy atom. The summed E-state index contributed by atoms with van der Waals surface area (Å²) in [6.45, 7) is 0. The number of thioether (sulfide) groups is 1. The highest BCUT2D eigenvalue weighted by atomic mass is 32.2. The number of pyridine rings is 1. The molecule has 2 heterocycles. The summed E-state index contributed by atoms with van der Waals surface area (Å²) in [5.41, 5.74) is 2.22. The molecule has 2 aliphatic rings. The normalized spacial score (nSPS) is 17.1. The monoisotopic (exact) mass is 520 g/mol. The third-order valence-electron chi connectivity index (χ3n) is 7.03. The first kappa shape index (κ1) is 23.9. The summed E-state index contributed by atoms with van der Waals surface area (Å²) in [5.74, 6) is 0.220. The van der Waals surface area contributed by atoms with Gasteiger partial charge in [-0.3, -0.25) is 14.2 Å². The summed E-state index contributed by atoms with van der Waals surface area (Å²) in [7, 11) is 0. The van der Waals surface area contributed by atoms with E-state index < -0.39 is 23.7 Å². The quantitative estimate of drug-likeness (QED) is 0.316. The van der Waals surface area contributed by atoms with Crippen LogP contribution in [0.25, 0.3) is 10.8 Å². The largest absolute Gasteiger partial charge is 0.416 e. The van der Waals surface area contributed by atoms with E-state index in [9.17, 15) is 22.8 Å². The van der Waals surface area contributed by atoms with Gasteiger partial charge >= 0.3 is 6.18 Å². The molecule has 0 radical (unpaired) electrons. The number of carbonyl (C=O) groups excluding carboxylic acids is 1. The molecule has 1 amide bonds. The number of aromatic nitrogens is 1. The molecule has 1 fully saturated rings. The standard InChI is InChI=1S/C29H23F3N2O2S/c30-29(31,32)21-8-4-9-22(15-21)33-27(36)24-16-37-28-26(18-11-12-18)20(14-25(35)34(24)28)13-19-7-3-6-17-5-1-2-10-23(17)19/h1-10,14-15,18,24H,11-13,16H2,(H,33,36). The molecule has 1 aliphatic heterocycles. The van der Waals surface area contributed by atoms with Gasteiger partial charge in [0.2, 0.25) is 5.91 Å². The van der Waals surface area contributed by atoms with Crippen molar-refractivity contribution in [3.8, 4) is 0 Å². The van der Waals surface area contributed by atoms with Crippen molar-refractivity contribution in [1.29, 1.82) is 0 Å². The smallest absolute Gasteiger partial charge is 0.324 e. The van der Waals surface area contributed by atoms with Crippen LogP contribution in [0.2, 0.25) is 0 Å². The van der Waals surface area contributed by atoms with Gasteiger partial charge in [-0.25, -0.2) is 0 Å². The molecule has 4 nitrogen and oxygen atoms in total. The van der Waals surface area contributed by atoms with E-state index in [4.69, 9.17) is 0 Å². The average molecular weight is 521 g/mol. The Balaban J connectivity index is 1.34. The molecular formula is C29H23F3N2O2S. The molecule has 37 heavy (non-hydrogen) atoms. The molecule has 6 rings (SSSR count). The second-order valence-corrected chi connectivity index (χ2v) is 10.6. The van der Waals surface area contributed by atoms with Crippen LogP contribution in [0.3, 0.4) is 0 Å². The van der Waals surface area contributed by atoms with Crippen LogP contribution in [-0.2, 0) is 17.4 Å². The van der Waals surface area contributed by atoms with Crippen LogP contribution in [-0.4, -0.2) is 16.2 Å². The third-order valence-corrected chi connectivity index (χ3v) is 8.20. The lowest BCUT2D eigenvalue weighted by Gasteiger charge is -2.18. The van der Waals surface area contributed by atoms with Crippen molar-refractivity contribution in [2.24, 2.45) is 0 Å². The number of alkyl halides is 3. The molecule has 1 unspecified atom stereocenters. The summed E-state index contributed by atoms with van der Waals surface area (Å²) in [4.78, 5) is 26.5. The fourth-order valence-corrected chi connectivity index (χ4v) is 6.56. The van der Waals surface area contributed by atoms with Crippen LogP contribution in [0.15, 0.2) is 82.6 Å². The Morgan fingerprint density at radius 2 is 1.73 bits per heavy atom. The maximum absolute atomic E-state index is 13.4. The van der Waals surface area contributed by atoms with Gasteiger partial charge in [0.15, 0.2) is 0 Å². The zero-order valence-corrected chi connectivity index (χ0v) is 20.5. The molecule has 3 aromatic carbocycles. The van der Waals surface area contributed by atoms with Gasteiger partial charge in [0.1, 0.15) is 6.04 Å². The molecule has 0 bridgehead atoms. The van der Waals surface area contributed by atoms with Gasteiger partial charge in [-0.05, 0) is 70.8 Å². The van der Waals surface area contributed by atoms with Crippen molar-refractivity contribution in [2.45, 2.75) is 42.4 Å². The minimum Gasteiger partial charge on any atom is -0.324 e. The average Bonchev–Trinajstić information content (AvgIpc) is 3.60. The van der Waals surface area contributed by atoms with E-state index in [0.29, 0.717) is 18.1 Å². The highest BCUT2D eigenvalue weighted by Gasteiger charge is 2.38. The van der Waals surface area contributed by atoms with Crippen molar-refractivity contribution >= 4 is 34.1 Å². The number of halogens is 3. The molecular weight excluding hydrogens is 497 g/mol. The summed E-state index contributed by atoms with van der Waals surface area (Å²) < 4.78 is 40.8. The molecule has 1 N–H and O–H groups in total. The zero-order valence-electron chi connectivity index (χ0n) is 19.7. The number of nitrogens with one attached hydrogen (secondary N) is 1. The van der Waals surface area contributed by atoms with Crippen molar-refractivity contribution in [3.63, 3.8) is 0 Å². The molecule has 1 saturated carbocycles. The van der Waals surface area contributed by atoms with Crippen molar-refractivity contribution < 1.29 is 18.0 Å². The minimum atomic E-state index is -4.51. The van der Waals surface area contributed by atoms with Gasteiger partial charge in [0.25, 0.3) is 5.56 Å². The number of hydrogen-bond acceptors (Lipinski definition) is 3. The lowest BCUT2D eigenvalue weighted by Crippen LogP contribution is -2.33. The zero-order chi connectivity index (χ0) is 25.7. The highest BCUT2D eigenvalue weighted by molar-refractivity contribution is 7.99. The summed E-state index contributed by atoms with van der Waals surface area (Å²) in [6, 6.07) is 19.8. The Kier molecular flexibility index (Phi) is 5.87. The Hall–Kier alpha value is -3.52. The molecule has 8 heteroatoms. The Morgan fingerprint density at radius 1 is 0.973 bits per heavy atom. The molecule has 1 atom stereocenters. The van der Waals surface area contributed by atoms with Crippen LogP contribution < -0.4 is 10.9 Å². The minimum absolute atomic E-state index is 0.0568. The summed E-state index contributed by atoms with van der Waals surface area (Å²) in [6.07, 6.45) is -1.81. The molecule has 1 aromatic heterocycles. The van der Waals surface area contributed by atoms with Crippen molar-refractivity contribution in [2.75, 3.05) is 11.1 Å². The maximum Gasteiger partial charge on any atom is 0.416 e. The van der Waals surface area contributed by atoms with Gasteiger partial charge in [0, 0.05) is 17.5 Å². The lowest BCUT2D eigenvalue weighted by atomic mass is 9.95. The number of anilines is 1. The number of rotatable bonds is 5.